The molecule has 0 aliphatic rings. The van der Waals surface area contributed by atoms with Crippen LogP contribution in [-0.2, 0) is 17.8 Å². The zero-order chi connectivity index (χ0) is 17.1. The number of nitrogens with zero attached hydrogens (tertiary/aromatic N) is 3. The van der Waals surface area contributed by atoms with Gasteiger partial charge in [0.1, 0.15) is 5.82 Å². The largest absolute Gasteiger partial charge is 0.331 e. The third-order valence-corrected chi connectivity index (χ3v) is 4.13. The van der Waals surface area contributed by atoms with Crippen LogP contribution in [0.5, 0.6) is 0 Å². The number of H-pyrrole nitrogens is 1. The number of carbonyl (C=O) groups is 1. The normalized spacial score (nSPS) is 10.8. The van der Waals surface area contributed by atoms with E-state index < -0.39 is 0 Å². The van der Waals surface area contributed by atoms with Gasteiger partial charge in [-0.3, -0.25) is 9.89 Å². The molecule has 0 saturated carbocycles. The summed E-state index contributed by atoms with van der Waals surface area (Å²) in [4.78, 5) is 16.4. The molecule has 1 aromatic carbocycles. The second kappa shape index (κ2) is 6.70. The number of rotatable bonds is 5. The Hall–Kier alpha value is -2.89. The SMILES string of the molecule is Cc1n[nH]c(C)c1CC(=O)Nc1ccc(Cn2ccnc2C)cc1. The van der Waals surface area contributed by atoms with Gasteiger partial charge >= 0.3 is 0 Å². The lowest BCUT2D eigenvalue weighted by Crippen LogP contribution is -2.15. The van der Waals surface area contributed by atoms with Gasteiger partial charge in [0.05, 0.1) is 12.1 Å². The van der Waals surface area contributed by atoms with E-state index in [1.807, 2.05) is 51.2 Å². The Morgan fingerprint density at radius 2 is 1.96 bits per heavy atom. The van der Waals surface area contributed by atoms with Crippen LogP contribution in [0.25, 0.3) is 0 Å². The fourth-order valence-electron chi connectivity index (χ4n) is 2.66. The average Bonchev–Trinajstić information content (AvgIpc) is 3.10. The first-order chi connectivity index (χ1) is 11.5. The fourth-order valence-corrected chi connectivity index (χ4v) is 2.66. The summed E-state index contributed by atoms with van der Waals surface area (Å²) in [6, 6.07) is 7.88. The van der Waals surface area contributed by atoms with Crippen LogP contribution in [0.15, 0.2) is 36.7 Å². The molecule has 3 rings (SSSR count). The second-order valence-electron chi connectivity index (χ2n) is 5.94. The summed E-state index contributed by atoms with van der Waals surface area (Å²) in [6.07, 6.45) is 4.08. The minimum atomic E-state index is -0.0409. The van der Waals surface area contributed by atoms with E-state index in [0.717, 1.165) is 40.6 Å². The molecule has 0 atom stereocenters. The zero-order valence-electron chi connectivity index (χ0n) is 14.1. The maximum Gasteiger partial charge on any atom is 0.228 e. The topological polar surface area (TPSA) is 75.6 Å². The lowest BCUT2D eigenvalue weighted by Gasteiger charge is -2.08. The molecule has 0 radical (unpaired) electrons. The molecule has 0 aliphatic carbocycles. The van der Waals surface area contributed by atoms with Gasteiger partial charge in [-0.15, -0.1) is 0 Å². The van der Waals surface area contributed by atoms with Crippen LogP contribution in [0.4, 0.5) is 5.69 Å². The molecule has 0 spiro atoms. The van der Waals surface area contributed by atoms with Crippen molar-refractivity contribution in [2.24, 2.45) is 0 Å². The van der Waals surface area contributed by atoms with Crippen LogP contribution < -0.4 is 5.32 Å². The fraction of sp³-hybridized carbons (Fsp3) is 0.278. The maximum absolute atomic E-state index is 12.2. The Morgan fingerprint density at radius 3 is 2.54 bits per heavy atom. The third kappa shape index (κ3) is 3.53. The van der Waals surface area contributed by atoms with Gasteiger partial charge in [-0.1, -0.05) is 12.1 Å². The number of hydrogen-bond donors (Lipinski definition) is 2. The van der Waals surface area contributed by atoms with Gasteiger partial charge in [-0.25, -0.2) is 4.98 Å². The van der Waals surface area contributed by atoms with E-state index in [9.17, 15) is 4.79 Å². The number of aryl methyl sites for hydroxylation is 3. The standard InChI is InChI=1S/C18H21N5O/c1-12-17(13(2)22-21-12)10-18(24)20-16-6-4-15(5-7-16)11-23-9-8-19-14(23)3/h4-9H,10-11H2,1-3H3,(H,20,24)(H,21,22). The van der Waals surface area contributed by atoms with Crippen LogP contribution in [0.3, 0.4) is 0 Å². The molecule has 0 aliphatic heterocycles. The maximum atomic E-state index is 12.2. The Kier molecular flexibility index (Phi) is 4.46. The second-order valence-corrected chi connectivity index (χ2v) is 5.94. The number of imidazole rings is 1. The van der Waals surface area contributed by atoms with E-state index in [0.29, 0.717) is 6.42 Å². The first kappa shape index (κ1) is 16.0. The van der Waals surface area contributed by atoms with Gasteiger partial charge in [0.25, 0.3) is 0 Å². The van der Waals surface area contributed by atoms with Gasteiger partial charge < -0.3 is 9.88 Å². The van der Waals surface area contributed by atoms with E-state index in [2.05, 4.69) is 25.1 Å². The van der Waals surface area contributed by atoms with Crippen LogP contribution >= 0.6 is 0 Å². The van der Waals surface area contributed by atoms with E-state index >= 15 is 0 Å². The summed E-state index contributed by atoms with van der Waals surface area (Å²) < 4.78 is 2.08. The monoisotopic (exact) mass is 323 g/mol. The Labute approximate surface area is 140 Å². The lowest BCUT2D eigenvalue weighted by atomic mass is 10.1. The molecule has 6 nitrogen and oxygen atoms in total. The zero-order valence-corrected chi connectivity index (χ0v) is 14.1. The molecule has 0 fully saturated rings. The Balaban J connectivity index is 1.62. The molecule has 2 N–H and O–H groups in total. The van der Waals surface area contributed by atoms with E-state index in [-0.39, 0.29) is 5.91 Å². The van der Waals surface area contributed by atoms with Gasteiger partial charge in [0.2, 0.25) is 5.91 Å². The molecule has 24 heavy (non-hydrogen) atoms. The van der Waals surface area contributed by atoms with Crippen molar-refractivity contribution in [2.45, 2.75) is 33.7 Å². The molecule has 2 heterocycles. The van der Waals surface area contributed by atoms with Crippen molar-refractivity contribution in [3.8, 4) is 0 Å². The molecule has 1 amide bonds. The predicted octanol–water partition coefficient (Wildman–Crippen LogP) is 2.76. The van der Waals surface area contributed by atoms with E-state index in [1.54, 1.807) is 6.20 Å². The van der Waals surface area contributed by atoms with Crippen LogP contribution in [0.1, 0.15) is 28.3 Å². The highest BCUT2D eigenvalue weighted by atomic mass is 16.1. The minimum absolute atomic E-state index is 0.0409. The first-order valence-electron chi connectivity index (χ1n) is 7.90. The molecule has 0 bridgehead atoms. The Bertz CT molecular complexity index is 825. The van der Waals surface area contributed by atoms with Crippen LogP contribution in [-0.4, -0.2) is 25.7 Å². The van der Waals surface area contributed by atoms with Crippen molar-refractivity contribution in [3.05, 3.63) is 65.0 Å². The number of hydrogen-bond acceptors (Lipinski definition) is 3. The van der Waals surface area contributed by atoms with Gasteiger partial charge in [-0.05, 0) is 38.5 Å². The molecule has 6 heteroatoms. The average molecular weight is 323 g/mol. The van der Waals surface area contributed by atoms with Gasteiger partial charge in [-0.2, -0.15) is 5.10 Å². The highest BCUT2D eigenvalue weighted by molar-refractivity contribution is 5.92. The summed E-state index contributed by atoms with van der Waals surface area (Å²) in [7, 11) is 0. The molecule has 124 valence electrons. The molecular formula is C18H21N5O. The van der Waals surface area contributed by atoms with Crippen molar-refractivity contribution in [1.82, 2.24) is 19.7 Å². The first-order valence-corrected chi connectivity index (χ1v) is 7.90. The molecule has 0 saturated heterocycles. The predicted molar refractivity (Wildman–Crippen MR) is 92.9 cm³/mol. The van der Waals surface area contributed by atoms with Gasteiger partial charge in [0, 0.05) is 35.9 Å². The molecule has 3 aromatic rings. The molecule has 0 unspecified atom stereocenters. The molecule has 2 aromatic heterocycles. The number of anilines is 1. The highest BCUT2D eigenvalue weighted by Crippen LogP contribution is 2.14. The number of amides is 1. The number of aromatic amines is 1. The summed E-state index contributed by atoms with van der Waals surface area (Å²) >= 11 is 0. The third-order valence-electron chi connectivity index (χ3n) is 4.13. The highest BCUT2D eigenvalue weighted by Gasteiger charge is 2.11. The number of aromatic nitrogens is 4. The van der Waals surface area contributed by atoms with Crippen molar-refractivity contribution in [3.63, 3.8) is 0 Å². The van der Waals surface area contributed by atoms with Gasteiger partial charge in [0.15, 0.2) is 0 Å². The van der Waals surface area contributed by atoms with Crippen molar-refractivity contribution < 1.29 is 4.79 Å². The van der Waals surface area contributed by atoms with Crippen molar-refractivity contribution in [2.75, 3.05) is 5.32 Å². The van der Waals surface area contributed by atoms with E-state index in [1.165, 1.54) is 0 Å². The summed E-state index contributed by atoms with van der Waals surface area (Å²) in [6.45, 7) is 6.58. The lowest BCUT2D eigenvalue weighted by molar-refractivity contribution is -0.115. The van der Waals surface area contributed by atoms with Crippen LogP contribution in [0, 0.1) is 20.8 Å². The van der Waals surface area contributed by atoms with Crippen LogP contribution in [0.2, 0.25) is 0 Å². The minimum Gasteiger partial charge on any atom is -0.331 e. The molecular weight excluding hydrogens is 302 g/mol. The van der Waals surface area contributed by atoms with E-state index in [4.69, 9.17) is 0 Å². The van der Waals surface area contributed by atoms with Crippen molar-refractivity contribution >= 4 is 11.6 Å². The number of carbonyl (C=O) groups excluding carboxylic acids is 1. The van der Waals surface area contributed by atoms with Crippen molar-refractivity contribution in [1.29, 1.82) is 0 Å². The smallest absolute Gasteiger partial charge is 0.228 e. The summed E-state index contributed by atoms with van der Waals surface area (Å²) in [5.41, 5.74) is 4.72. The quantitative estimate of drug-likeness (QED) is 0.758. The Morgan fingerprint density at radius 1 is 1.21 bits per heavy atom. The summed E-state index contributed by atoms with van der Waals surface area (Å²) in [5, 5.41) is 9.95. The number of nitrogens with one attached hydrogen (secondary N) is 2. The number of benzene rings is 1. The summed E-state index contributed by atoms with van der Waals surface area (Å²) in [5.74, 6) is 0.944.